The molecule has 0 saturated carbocycles. The molecule has 34 heavy (non-hydrogen) atoms. The highest BCUT2D eigenvalue weighted by Gasteiger charge is 2.29. The fraction of sp³-hybridized carbons (Fsp3) is 0.444. The molecule has 2 aromatic rings. The summed E-state index contributed by atoms with van der Waals surface area (Å²) in [6.07, 6.45) is 4.04. The number of amides is 2. The zero-order valence-corrected chi connectivity index (χ0v) is 19.7. The molecule has 0 radical (unpaired) electrons. The Labute approximate surface area is 200 Å². The first-order valence-corrected chi connectivity index (χ1v) is 12.1. The van der Waals surface area contributed by atoms with Crippen LogP contribution >= 0.6 is 0 Å². The van der Waals surface area contributed by atoms with Gasteiger partial charge in [0.15, 0.2) is 0 Å². The van der Waals surface area contributed by atoms with Crippen LogP contribution in [0.4, 0.5) is 4.79 Å². The van der Waals surface area contributed by atoms with Crippen molar-refractivity contribution in [1.82, 2.24) is 10.6 Å². The van der Waals surface area contributed by atoms with Crippen LogP contribution in [0.15, 0.2) is 48.5 Å². The normalized spacial score (nSPS) is 13.0. The van der Waals surface area contributed by atoms with E-state index in [0.717, 1.165) is 36.8 Å². The van der Waals surface area contributed by atoms with Gasteiger partial charge in [-0.3, -0.25) is 9.59 Å². The van der Waals surface area contributed by atoms with E-state index in [0.29, 0.717) is 13.0 Å². The summed E-state index contributed by atoms with van der Waals surface area (Å²) in [4.78, 5) is 35.0. The average molecular weight is 467 g/mol. The van der Waals surface area contributed by atoms with Gasteiger partial charge in [0.1, 0.15) is 6.61 Å². The van der Waals surface area contributed by atoms with Crippen LogP contribution in [0.25, 0.3) is 11.1 Å². The molecule has 2 aromatic carbocycles. The summed E-state index contributed by atoms with van der Waals surface area (Å²) >= 11 is 0. The van der Waals surface area contributed by atoms with Crippen molar-refractivity contribution in [3.8, 4) is 11.1 Å². The Balaban J connectivity index is 1.33. The van der Waals surface area contributed by atoms with Crippen LogP contribution in [0.2, 0.25) is 0 Å². The topological polar surface area (TPSA) is 105 Å². The third kappa shape index (κ3) is 7.07. The van der Waals surface area contributed by atoms with Crippen LogP contribution in [0, 0.1) is 5.92 Å². The number of rotatable bonds is 13. The lowest BCUT2D eigenvalue weighted by atomic mass is 9.98. The first-order chi connectivity index (χ1) is 16.5. The van der Waals surface area contributed by atoms with Crippen molar-refractivity contribution >= 4 is 18.0 Å². The molecule has 182 valence electrons. The van der Waals surface area contributed by atoms with Crippen LogP contribution in [-0.2, 0) is 14.3 Å². The number of carbonyl (C=O) groups is 3. The maximum atomic E-state index is 12.3. The molecular weight excluding hydrogens is 432 g/mol. The second-order valence-electron chi connectivity index (χ2n) is 8.81. The van der Waals surface area contributed by atoms with Gasteiger partial charge < -0.3 is 20.5 Å². The van der Waals surface area contributed by atoms with Crippen molar-refractivity contribution in [3.63, 3.8) is 0 Å². The van der Waals surface area contributed by atoms with E-state index in [4.69, 9.17) is 9.84 Å². The summed E-state index contributed by atoms with van der Waals surface area (Å²) in [6, 6.07) is 16.4. The second kappa shape index (κ2) is 12.8. The molecule has 7 heteroatoms. The number of aliphatic carboxylic acids is 1. The number of hydrogen-bond donors (Lipinski definition) is 3. The SMILES string of the molecule is CC(CNC(=O)OCC1c2ccccc2-c2ccccc21)C(=O)NCCCCCCCC(=O)O. The van der Waals surface area contributed by atoms with Crippen LogP contribution in [-0.4, -0.2) is 42.8 Å². The molecule has 7 nitrogen and oxygen atoms in total. The maximum absolute atomic E-state index is 12.3. The van der Waals surface area contributed by atoms with Crippen LogP contribution in [0.5, 0.6) is 0 Å². The van der Waals surface area contributed by atoms with Crippen molar-refractivity contribution in [1.29, 1.82) is 0 Å². The Kier molecular flexibility index (Phi) is 9.50. The number of unbranched alkanes of at least 4 members (excludes halogenated alkanes) is 4. The molecule has 1 aliphatic carbocycles. The van der Waals surface area contributed by atoms with Crippen molar-refractivity contribution < 1.29 is 24.2 Å². The Hall–Kier alpha value is -3.35. The number of nitrogens with one attached hydrogen (secondary N) is 2. The quantitative estimate of drug-likeness (QED) is 0.371. The number of carboxylic acid groups (broad SMARTS) is 1. The Morgan fingerprint density at radius 1 is 0.882 bits per heavy atom. The summed E-state index contributed by atoms with van der Waals surface area (Å²) in [5.74, 6) is -1.23. The third-order valence-electron chi connectivity index (χ3n) is 6.21. The monoisotopic (exact) mass is 466 g/mol. The van der Waals surface area contributed by atoms with Gasteiger partial charge >= 0.3 is 12.1 Å². The lowest BCUT2D eigenvalue weighted by Gasteiger charge is -2.16. The van der Waals surface area contributed by atoms with Crippen molar-refractivity contribution in [2.45, 2.75) is 51.4 Å². The fourth-order valence-corrected chi connectivity index (χ4v) is 4.30. The van der Waals surface area contributed by atoms with E-state index in [1.165, 1.54) is 11.1 Å². The van der Waals surface area contributed by atoms with Gasteiger partial charge in [0.2, 0.25) is 5.91 Å². The molecule has 3 N–H and O–H groups in total. The molecule has 2 amide bonds. The minimum absolute atomic E-state index is 0.00278. The van der Waals surface area contributed by atoms with E-state index in [2.05, 4.69) is 34.9 Å². The molecule has 0 bridgehead atoms. The van der Waals surface area contributed by atoms with Gasteiger partial charge in [-0.15, -0.1) is 0 Å². The van der Waals surface area contributed by atoms with E-state index >= 15 is 0 Å². The number of carboxylic acids is 1. The number of benzene rings is 2. The highest BCUT2D eigenvalue weighted by molar-refractivity contribution is 5.80. The van der Waals surface area contributed by atoms with E-state index in [1.807, 2.05) is 24.3 Å². The van der Waals surface area contributed by atoms with Gasteiger partial charge in [0.25, 0.3) is 0 Å². The zero-order chi connectivity index (χ0) is 24.3. The molecule has 1 aliphatic rings. The fourth-order valence-electron chi connectivity index (χ4n) is 4.30. The predicted octanol–water partition coefficient (Wildman–Crippen LogP) is 4.70. The minimum Gasteiger partial charge on any atom is -0.481 e. The van der Waals surface area contributed by atoms with Crippen LogP contribution in [0.3, 0.4) is 0 Å². The average Bonchev–Trinajstić information content (AvgIpc) is 3.16. The van der Waals surface area contributed by atoms with E-state index < -0.39 is 12.1 Å². The van der Waals surface area contributed by atoms with Crippen molar-refractivity contribution in [3.05, 3.63) is 59.7 Å². The van der Waals surface area contributed by atoms with Crippen molar-refractivity contribution in [2.24, 2.45) is 5.92 Å². The standard InChI is InChI=1S/C27H34N2O5/c1-19(26(32)28-16-10-4-2-3-5-15-25(30)31)17-29-27(33)34-18-24-22-13-8-6-11-20(22)21-12-7-9-14-23(21)24/h6-9,11-14,19,24H,2-5,10,15-18H2,1H3,(H,28,32)(H,29,33)(H,30,31). The summed E-state index contributed by atoms with van der Waals surface area (Å²) < 4.78 is 5.51. The minimum atomic E-state index is -0.757. The molecule has 1 unspecified atom stereocenters. The van der Waals surface area contributed by atoms with Gasteiger partial charge in [0.05, 0.1) is 5.92 Å². The van der Waals surface area contributed by atoms with Gasteiger partial charge in [-0.05, 0) is 35.1 Å². The summed E-state index contributed by atoms with van der Waals surface area (Å²) in [5.41, 5.74) is 4.67. The number of fused-ring (bicyclic) bond motifs is 3. The lowest BCUT2D eigenvalue weighted by Crippen LogP contribution is -2.38. The lowest BCUT2D eigenvalue weighted by molar-refractivity contribution is -0.137. The highest BCUT2D eigenvalue weighted by Crippen LogP contribution is 2.44. The maximum Gasteiger partial charge on any atom is 0.407 e. The highest BCUT2D eigenvalue weighted by atomic mass is 16.5. The molecule has 1 atom stereocenters. The number of alkyl carbamates (subject to hydrolysis) is 1. The first-order valence-electron chi connectivity index (χ1n) is 12.1. The number of hydrogen-bond acceptors (Lipinski definition) is 4. The molecule has 0 saturated heterocycles. The van der Waals surface area contributed by atoms with Crippen LogP contribution in [0.1, 0.15) is 62.5 Å². The summed E-state index contributed by atoms with van der Waals surface area (Å²) in [5, 5.41) is 14.2. The van der Waals surface area contributed by atoms with Gasteiger partial charge in [0, 0.05) is 25.4 Å². The van der Waals surface area contributed by atoms with E-state index in [1.54, 1.807) is 6.92 Å². The third-order valence-corrected chi connectivity index (χ3v) is 6.21. The summed E-state index contributed by atoms with van der Waals surface area (Å²) in [7, 11) is 0. The van der Waals surface area contributed by atoms with Crippen LogP contribution < -0.4 is 10.6 Å². The van der Waals surface area contributed by atoms with Gasteiger partial charge in [-0.25, -0.2) is 4.79 Å². The van der Waals surface area contributed by atoms with Gasteiger partial charge in [-0.2, -0.15) is 0 Å². The Bertz CT molecular complexity index is 945. The molecule has 0 fully saturated rings. The smallest absolute Gasteiger partial charge is 0.407 e. The second-order valence-corrected chi connectivity index (χ2v) is 8.81. The predicted molar refractivity (Wildman–Crippen MR) is 131 cm³/mol. The molecule has 0 aromatic heterocycles. The molecule has 0 spiro atoms. The Morgan fingerprint density at radius 3 is 2.12 bits per heavy atom. The number of carbonyl (C=O) groups excluding carboxylic acids is 2. The molecule has 3 rings (SSSR count). The van der Waals surface area contributed by atoms with E-state index in [9.17, 15) is 14.4 Å². The van der Waals surface area contributed by atoms with E-state index in [-0.39, 0.29) is 37.3 Å². The largest absolute Gasteiger partial charge is 0.481 e. The summed E-state index contributed by atoms with van der Waals surface area (Å²) in [6.45, 7) is 2.79. The number of ether oxygens (including phenoxy) is 1. The first kappa shape index (κ1) is 25.3. The Morgan fingerprint density at radius 2 is 1.47 bits per heavy atom. The zero-order valence-electron chi connectivity index (χ0n) is 19.7. The molecule has 0 heterocycles. The molecular formula is C27H34N2O5. The molecule has 0 aliphatic heterocycles. The van der Waals surface area contributed by atoms with Gasteiger partial charge in [-0.1, -0.05) is 74.7 Å². The van der Waals surface area contributed by atoms with Crippen molar-refractivity contribution in [2.75, 3.05) is 19.7 Å².